The molecule has 0 amide bonds. The Morgan fingerprint density at radius 3 is 2.58 bits per heavy atom. The quantitative estimate of drug-likeness (QED) is 0.322. The van der Waals surface area contributed by atoms with Crippen LogP contribution in [0.3, 0.4) is 0 Å². The third-order valence-electron chi connectivity index (χ3n) is 7.89. The van der Waals surface area contributed by atoms with Gasteiger partial charge in [-0.2, -0.15) is 0 Å². The van der Waals surface area contributed by atoms with Crippen LogP contribution >= 0.6 is 34.5 Å². The highest BCUT2D eigenvalue weighted by Crippen LogP contribution is 2.45. The van der Waals surface area contributed by atoms with Crippen LogP contribution in [-0.4, -0.2) is 47.1 Å². The van der Waals surface area contributed by atoms with Crippen LogP contribution in [0.2, 0.25) is 10.0 Å². The van der Waals surface area contributed by atoms with Gasteiger partial charge in [0.1, 0.15) is 0 Å². The fourth-order valence-corrected chi connectivity index (χ4v) is 7.51. The molecule has 3 fully saturated rings. The van der Waals surface area contributed by atoms with E-state index in [1.807, 2.05) is 6.92 Å². The summed E-state index contributed by atoms with van der Waals surface area (Å²) in [5.41, 5.74) is 9.74. The van der Waals surface area contributed by atoms with Gasteiger partial charge < -0.3 is 20.5 Å². The predicted octanol–water partition coefficient (Wildman–Crippen LogP) is 5.94. The zero-order chi connectivity index (χ0) is 26.7. The number of aromatic carboxylic acids is 1. The SMILES string of the molecule is Cc1cc(C(=O)O)cc2sc(N3C[C@@H]4C[C@H]3C[C@H]4OCC(C(=O)C3CC3)=C(N)c3c(Cl)cccc3Cl)nc12. The molecule has 0 spiro atoms. The number of aryl methyl sites for hydroxylation is 1. The molecule has 0 unspecified atom stereocenters. The largest absolute Gasteiger partial charge is 0.478 e. The molecule has 3 aliphatic rings. The number of anilines is 1. The lowest BCUT2D eigenvalue weighted by atomic mass is 10.0. The number of carboxylic acids is 1. The number of halogens is 2. The van der Waals surface area contributed by atoms with Crippen LogP contribution in [0.5, 0.6) is 0 Å². The summed E-state index contributed by atoms with van der Waals surface area (Å²) in [6.07, 6.45) is 3.57. The number of carbonyl (C=O) groups is 2. The van der Waals surface area contributed by atoms with Crippen molar-refractivity contribution in [3.8, 4) is 0 Å². The first-order chi connectivity index (χ1) is 18.2. The van der Waals surface area contributed by atoms with E-state index in [-0.39, 0.29) is 36.0 Å². The number of benzene rings is 2. The predicted molar refractivity (Wildman–Crippen MR) is 150 cm³/mol. The van der Waals surface area contributed by atoms with Crippen molar-refractivity contribution in [1.82, 2.24) is 4.98 Å². The summed E-state index contributed by atoms with van der Waals surface area (Å²) >= 11 is 14.3. The highest BCUT2D eigenvalue weighted by molar-refractivity contribution is 7.22. The average Bonchev–Trinajstić information content (AvgIpc) is 3.32. The van der Waals surface area contributed by atoms with Gasteiger partial charge in [0.05, 0.1) is 44.2 Å². The van der Waals surface area contributed by atoms with Gasteiger partial charge in [0.15, 0.2) is 10.9 Å². The van der Waals surface area contributed by atoms with E-state index >= 15 is 0 Å². The second-order valence-electron chi connectivity index (χ2n) is 10.5. The smallest absolute Gasteiger partial charge is 0.335 e. The Bertz CT molecular complexity index is 1480. The van der Waals surface area contributed by atoms with Crippen molar-refractivity contribution in [2.24, 2.45) is 17.6 Å². The molecule has 2 aliphatic carbocycles. The van der Waals surface area contributed by atoms with Crippen molar-refractivity contribution in [3.05, 3.63) is 62.6 Å². The fraction of sp³-hybridized carbons (Fsp3) is 0.393. The van der Waals surface area contributed by atoms with Crippen LogP contribution in [0, 0.1) is 18.8 Å². The number of Topliss-reactive ketones (excluding diaryl/α,β-unsaturated/α-hetero) is 1. The normalized spacial score (nSPS) is 23.2. The molecule has 3 atom stereocenters. The highest BCUT2D eigenvalue weighted by atomic mass is 35.5. The first-order valence-electron chi connectivity index (χ1n) is 12.7. The number of ether oxygens (including phenoxy) is 1. The van der Waals surface area contributed by atoms with E-state index < -0.39 is 5.97 Å². The number of ketones is 1. The van der Waals surface area contributed by atoms with E-state index in [0.29, 0.717) is 32.8 Å². The van der Waals surface area contributed by atoms with Gasteiger partial charge >= 0.3 is 5.97 Å². The maximum atomic E-state index is 13.2. The molecular weight excluding hydrogens is 545 g/mol. The molecule has 1 aliphatic heterocycles. The Morgan fingerprint density at radius 2 is 1.95 bits per heavy atom. The van der Waals surface area contributed by atoms with Crippen molar-refractivity contribution >= 4 is 67.3 Å². The van der Waals surface area contributed by atoms with Gasteiger partial charge in [0.25, 0.3) is 0 Å². The minimum Gasteiger partial charge on any atom is -0.478 e. The molecule has 1 aromatic heterocycles. The lowest BCUT2D eigenvalue weighted by Crippen LogP contribution is -2.39. The van der Waals surface area contributed by atoms with Gasteiger partial charge in [-0.15, -0.1) is 0 Å². The number of carboxylic acid groups (broad SMARTS) is 1. The molecule has 0 radical (unpaired) electrons. The second-order valence-corrected chi connectivity index (χ2v) is 12.3. The van der Waals surface area contributed by atoms with Crippen molar-refractivity contribution < 1.29 is 19.4 Å². The average molecular weight is 573 g/mol. The molecule has 1 saturated heterocycles. The van der Waals surface area contributed by atoms with E-state index in [2.05, 4.69) is 4.90 Å². The first kappa shape index (κ1) is 25.6. The van der Waals surface area contributed by atoms with Gasteiger partial charge in [-0.25, -0.2) is 9.78 Å². The monoisotopic (exact) mass is 571 g/mol. The van der Waals surface area contributed by atoms with Gasteiger partial charge in [-0.1, -0.05) is 40.6 Å². The zero-order valence-electron chi connectivity index (χ0n) is 20.7. The number of thiazole rings is 1. The number of rotatable bonds is 8. The van der Waals surface area contributed by atoms with Crippen LogP contribution in [0.1, 0.15) is 47.2 Å². The van der Waals surface area contributed by atoms with Crippen LogP contribution in [0.4, 0.5) is 5.13 Å². The van der Waals surface area contributed by atoms with Gasteiger partial charge in [-0.05, 0) is 62.4 Å². The summed E-state index contributed by atoms with van der Waals surface area (Å²) in [7, 11) is 0. The van der Waals surface area contributed by atoms with Gasteiger partial charge in [0.2, 0.25) is 0 Å². The Labute approximate surface area is 234 Å². The van der Waals surface area contributed by atoms with Crippen LogP contribution in [0.25, 0.3) is 15.9 Å². The maximum Gasteiger partial charge on any atom is 0.335 e. The molecule has 3 aromatic rings. The molecule has 3 N–H and O–H groups in total. The molecule has 10 heteroatoms. The molecule has 6 rings (SSSR count). The fourth-order valence-electron chi connectivity index (χ4n) is 5.75. The third kappa shape index (κ3) is 4.57. The number of carbonyl (C=O) groups excluding carboxylic acids is 1. The number of nitrogens with zero attached hydrogens (tertiary/aromatic N) is 2. The number of piperidine rings is 1. The van der Waals surface area contributed by atoms with Crippen LogP contribution in [0.15, 0.2) is 35.9 Å². The van der Waals surface area contributed by atoms with Crippen molar-refractivity contribution in [1.29, 1.82) is 0 Å². The molecule has 198 valence electrons. The van der Waals surface area contributed by atoms with E-state index in [4.69, 9.17) is 38.7 Å². The van der Waals surface area contributed by atoms with E-state index in [1.165, 1.54) is 11.3 Å². The molecule has 38 heavy (non-hydrogen) atoms. The summed E-state index contributed by atoms with van der Waals surface area (Å²) in [6, 6.07) is 8.83. The zero-order valence-corrected chi connectivity index (χ0v) is 23.1. The molecule has 2 saturated carbocycles. The minimum absolute atomic E-state index is 0.00642. The van der Waals surface area contributed by atoms with Crippen molar-refractivity contribution in [3.63, 3.8) is 0 Å². The molecule has 2 bridgehead atoms. The Hall–Kier alpha value is -2.65. The lowest BCUT2D eigenvalue weighted by Gasteiger charge is -2.31. The molecular formula is C28H27Cl2N3O4S. The minimum atomic E-state index is -0.934. The Kier molecular flexibility index (Phi) is 6.63. The van der Waals surface area contributed by atoms with E-state index in [1.54, 1.807) is 30.3 Å². The Balaban J connectivity index is 1.19. The highest BCUT2D eigenvalue weighted by Gasteiger charge is 2.46. The summed E-state index contributed by atoms with van der Waals surface area (Å²) in [5.74, 6) is -0.608. The number of hydrogen-bond donors (Lipinski definition) is 2. The van der Waals surface area contributed by atoms with Crippen LogP contribution < -0.4 is 10.6 Å². The maximum absolute atomic E-state index is 13.2. The first-order valence-corrected chi connectivity index (χ1v) is 14.3. The van der Waals surface area contributed by atoms with Crippen molar-refractivity contribution in [2.45, 2.75) is 44.8 Å². The lowest BCUT2D eigenvalue weighted by molar-refractivity contribution is -0.117. The topological polar surface area (TPSA) is 106 Å². The number of hydrogen-bond acceptors (Lipinski definition) is 7. The number of fused-ring (bicyclic) bond motifs is 3. The van der Waals surface area contributed by atoms with Crippen molar-refractivity contribution in [2.75, 3.05) is 18.1 Å². The second kappa shape index (κ2) is 9.83. The summed E-state index contributed by atoms with van der Waals surface area (Å²) < 4.78 is 7.26. The number of nitrogens with two attached hydrogens (primary N) is 1. The molecule has 7 nitrogen and oxygen atoms in total. The summed E-state index contributed by atoms with van der Waals surface area (Å²) in [4.78, 5) is 31.8. The van der Waals surface area contributed by atoms with E-state index in [0.717, 1.165) is 53.1 Å². The molecule has 2 heterocycles. The van der Waals surface area contributed by atoms with Gasteiger partial charge in [-0.3, -0.25) is 4.79 Å². The van der Waals surface area contributed by atoms with Crippen LogP contribution in [-0.2, 0) is 9.53 Å². The third-order valence-corrected chi connectivity index (χ3v) is 9.56. The standard InChI is InChI=1S/C28H27Cl2N3O4S/c1-13-7-15(27(35)36)9-22-25(13)32-28(38-22)33-11-16-8-17(33)10-21(16)37-12-18(26(34)14-5-6-14)24(31)23-19(29)3-2-4-20(23)30/h2-4,7,9,14,16-17,21H,5-6,8,10-12,31H2,1H3,(H,35,36)/t16-,17-,21+/m0/s1. The van der Waals surface area contributed by atoms with Gasteiger partial charge in [0, 0.05) is 35.6 Å². The summed E-state index contributed by atoms with van der Waals surface area (Å²) in [6.45, 7) is 2.84. The van der Waals surface area contributed by atoms with E-state index in [9.17, 15) is 14.7 Å². The Morgan fingerprint density at radius 1 is 1.21 bits per heavy atom. The molecule has 2 aromatic carbocycles. The number of aromatic nitrogens is 1. The summed E-state index contributed by atoms with van der Waals surface area (Å²) in [5, 5.41) is 11.1.